The van der Waals surface area contributed by atoms with Gasteiger partial charge in [-0.15, -0.1) is 0 Å². The van der Waals surface area contributed by atoms with Gasteiger partial charge in [0.25, 0.3) is 0 Å². The van der Waals surface area contributed by atoms with Gasteiger partial charge in [0.05, 0.1) is 11.9 Å². The quantitative estimate of drug-likeness (QED) is 0.421. The van der Waals surface area contributed by atoms with E-state index in [1.807, 2.05) is 30.7 Å². The number of nitrogens with one attached hydrogen (secondary N) is 3. The molecule has 7 heteroatoms. The summed E-state index contributed by atoms with van der Waals surface area (Å²) in [6.45, 7) is 0. The van der Waals surface area contributed by atoms with Crippen molar-refractivity contribution < 1.29 is 0 Å². The lowest BCUT2D eigenvalue weighted by Gasteiger charge is -2.02. The van der Waals surface area contributed by atoms with Gasteiger partial charge in [-0.05, 0) is 29.8 Å². The lowest BCUT2D eigenvalue weighted by Crippen LogP contribution is -1.81. The molecule has 7 nitrogen and oxygen atoms in total. The summed E-state index contributed by atoms with van der Waals surface area (Å²) in [4.78, 5) is 12.3. The topological polar surface area (TPSA) is 98.9 Å². The molecule has 138 valence electrons. The van der Waals surface area contributed by atoms with Crippen molar-refractivity contribution >= 4 is 21.9 Å². The summed E-state index contributed by atoms with van der Waals surface area (Å²) in [5, 5.41) is 16.5. The fraction of sp³-hybridized carbons (Fsp3) is 0. The van der Waals surface area contributed by atoms with Crippen LogP contribution in [0.1, 0.15) is 0 Å². The molecule has 5 heterocycles. The normalized spacial score (nSPS) is 11.4. The maximum atomic E-state index is 4.53. The van der Waals surface area contributed by atoms with Gasteiger partial charge in [0.1, 0.15) is 5.69 Å². The number of hydrogen-bond donors (Lipinski definition) is 3. The van der Waals surface area contributed by atoms with Gasteiger partial charge < -0.3 is 4.98 Å². The smallest absolute Gasteiger partial charge is 0.155 e. The number of aromatic nitrogens is 7. The predicted octanol–water partition coefficient (Wildman–Crippen LogP) is 4.56. The Labute approximate surface area is 164 Å². The fourth-order valence-electron chi connectivity index (χ4n) is 3.73. The largest absolute Gasteiger partial charge is 0.353 e. The molecule has 0 saturated carbocycles. The zero-order valence-electron chi connectivity index (χ0n) is 15.2. The molecule has 1 aromatic carbocycles. The van der Waals surface area contributed by atoms with Gasteiger partial charge in [0.15, 0.2) is 5.65 Å². The monoisotopic (exact) mass is 377 g/mol. The first-order valence-corrected chi connectivity index (χ1v) is 9.22. The number of hydrogen-bond acceptors (Lipinski definition) is 4. The Morgan fingerprint density at radius 3 is 2.69 bits per heavy atom. The van der Waals surface area contributed by atoms with Crippen LogP contribution in [0.5, 0.6) is 0 Å². The maximum absolute atomic E-state index is 4.53. The van der Waals surface area contributed by atoms with Crippen molar-refractivity contribution in [1.82, 2.24) is 35.3 Å². The summed E-state index contributed by atoms with van der Waals surface area (Å²) in [6, 6.07) is 14.5. The van der Waals surface area contributed by atoms with Crippen LogP contribution in [0, 0.1) is 0 Å². The molecule has 0 bridgehead atoms. The highest BCUT2D eigenvalue weighted by molar-refractivity contribution is 6.01. The summed E-state index contributed by atoms with van der Waals surface area (Å²) in [5.74, 6) is 0. The molecule has 0 saturated heterocycles. The third kappa shape index (κ3) is 2.52. The summed E-state index contributed by atoms with van der Waals surface area (Å²) in [6.07, 6.45) is 9.12. The average Bonchev–Trinajstić information content (AvgIpc) is 3.52. The Balaban J connectivity index is 1.54. The van der Waals surface area contributed by atoms with Crippen LogP contribution >= 0.6 is 0 Å². The van der Waals surface area contributed by atoms with E-state index in [0.29, 0.717) is 0 Å². The molecular weight excluding hydrogens is 362 g/mol. The zero-order valence-corrected chi connectivity index (χ0v) is 15.2. The highest BCUT2D eigenvalue weighted by Gasteiger charge is 2.15. The molecule has 0 aliphatic heterocycles. The number of H-pyrrole nitrogens is 3. The van der Waals surface area contributed by atoms with Gasteiger partial charge in [0, 0.05) is 57.8 Å². The summed E-state index contributed by atoms with van der Waals surface area (Å²) in [7, 11) is 0. The van der Waals surface area contributed by atoms with Crippen molar-refractivity contribution in [3.8, 4) is 33.6 Å². The number of pyridine rings is 2. The van der Waals surface area contributed by atoms with Gasteiger partial charge in [-0.3, -0.25) is 15.2 Å². The van der Waals surface area contributed by atoms with E-state index in [9.17, 15) is 0 Å². The van der Waals surface area contributed by atoms with Crippen LogP contribution in [-0.2, 0) is 0 Å². The van der Waals surface area contributed by atoms with Crippen LogP contribution in [-0.4, -0.2) is 35.3 Å². The van der Waals surface area contributed by atoms with Gasteiger partial charge >= 0.3 is 0 Å². The minimum absolute atomic E-state index is 0.749. The molecule has 6 rings (SSSR count). The lowest BCUT2D eigenvalue weighted by atomic mass is 10.0. The molecule has 0 unspecified atom stereocenters. The Morgan fingerprint density at radius 1 is 0.828 bits per heavy atom. The number of aromatic amines is 3. The van der Waals surface area contributed by atoms with E-state index < -0.39 is 0 Å². The third-order valence-corrected chi connectivity index (χ3v) is 5.14. The highest BCUT2D eigenvalue weighted by atomic mass is 15.2. The number of rotatable bonds is 3. The van der Waals surface area contributed by atoms with E-state index in [0.717, 1.165) is 55.6 Å². The van der Waals surface area contributed by atoms with Crippen LogP contribution in [0.4, 0.5) is 0 Å². The SMILES string of the molecule is c1cncc(-c2cccc3[nH]c(-c4n[nH]c5ncc(-c6cn[nH]c6)cc45)cc23)c1. The molecule has 29 heavy (non-hydrogen) atoms. The van der Waals surface area contributed by atoms with Crippen molar-refractivity contribution in [3.63, 3.8) is 0 Å². The van der Waals surface area contributed by atoms with Crippen LogP contribution in [0.2, 0.25) is 0 Å². The average molecular weight is 377 g/mol. The standard InChI is InChI=1S/C22H15N7/c1-4-16(13-3-2-6-23-9-13)17-8-20(27-19(17)5-1)21-18-7-14(15-11-25-26-12-15)10-24-22(18)29-28-21/h1-12,27H,(H,25,26)(H,24,28,29). The molecule has 0 aliphatic carbocycles. The van der Waals surface area contributed by atoms with E-state index in [2.05, 4.69) is 65.7 Å². The first-order valence-electron chi connectivity index (χ1n) is 9.22. The second-order valence-corrected chi connectivity index (χ2v) is 6.87. The first-order chi connectivity index (χ1) is 14.4. The van der Waals surface area contributed by atoms with Crippen molar-refractivity contribution in [2.45, 2.75) is 0 Å². The predicted molar refractivity (Wildman–Crippen MR) is 112 cm³/mol. The molecular formula is C22H15N7. The molecule has 0 aliphatic rings. The van der Waals surface area contributed by atoms with E-state index in [-0.39, 0.29) is 0 Å². The van der Waals surface area contributed by atoms with Crippen molar-refractivity contribution in [2.24, 2.45) is 0 Å². The van der Waals surface area contributed by atoms with Crippen LogP contribution in [0.3, 0.4) is 0 Å². The van der Waals surface area contributed by atoms with Crippen molar-refractivity contribution in [1.29, 1.82) is 0 Å². The summed E-state index contributed by atoms with van der Waals surface area (Å²) in [5.41, 5.74) is 7.77. The minimum atomic E-state index is 0.749. The molecule has 5 aromatic heterocycles. The summed E-state index contributed by atoms with van der Waals surface area (Å²) < 4.78 is 0. The Hall–Kier alpha value is -4.26. The maximum Gasteiger partial charge on any atom is 0.155 e. The van der Waals surface area contributed by atoms with E-state index in [1.54, 1.807) is 12.4 Å². The first kappa shape index (κ1) is 15.8. The fourth-order valence-corrected chi connectivity index (χ4v) is 3.73. The minimum Gasteiger partial charge on any atom is -0.353 e. The van der Waals surface area contributed by atoms with Crippen molar-refractivity contribution in [2.75, 3.05) is 0 Å². The Morgan fingerprint density at radius 2 is 1.83 bits per heavy atom. The van der Waals surface area contributed by atoms with Crippen molar-refractivity contribution in [3.05, 3.63) is 73.4 Å². The molecule has 0 fully saturated rings. The molecule has 3 N–H and O–H groups in total. The zero-order chi connectivity index (χ0) is 19.2. The van der Waals surface area contributed by atoms with Gasteiger partial charge in [-0.25, -0.2) is 4.98 Å². The second-order valence-electron chi connectivity index (χ2n) is 6.87. The highest BCUT2D eigenvalue weighted by Crippen LogP contribution is 2.34. The van der Waals surface area contributed by atoms with Gasteiger partial charge in [-0.2, -0.15) is 10.2 Å². The Bertz CT molecular complexity index is 1440. The van der Waals surface area contributed by atoms with Gasteiger partial charge in [-0.1, -0.05) is 18.2 Å². The number of benzene rings is 1. The second kappa shape index (κ2) is 6.13. The molecule has 0 amide bonds. The molecule has 6 aromatic rings. The molecule has 0 spiro atoms. The third-order valence-electron chi connectivity index (χ3n) is 5.14. The lowest BCUT2D eigenvalue weighted by molar-refractivity contribution is 1.09. The van der Waals surface area contributed by atoms with Crippen LogP contribution in [0.25, 0.3) is 55.6 Å². The summed E-state index contributed by atoms with van der Waals surface area (Å²) >= 11 is 0. The number of nitrogens with zero attached hydrogens (tertiary/aromatic N) is 4. The van der Waals surface area contributed by atoms with E-state index >= 15 is 0 Å². The number of fused-ring (bicyclic) bond motifs is 2. The van der Waals surface area contributed by atoms with Gasteiger partial charge in [0.2, 0.25) is 0 Å². The van der Waals surface area contributed by atoms with E-state index in [1.165, 1.54) is 0 Å². The Kier molecular flexibility index (Phi) is 3.33. The van der Waals surface area contributed by atoms with Crippen LogP contribution in [0.15, 0.2) is 73.4 Å². The molecule has 0 radical (unpaired) electrons. The molecule has 0 atom stereocenters. The van der Waals surface area contributed by atoms with Crippen LogP contribution < -0.4 is 0 Å². The van der Waals surface area contributed by atoms with E-state index in [4.69, 9.17) is 0 Å².